The van der Waals surface area contributed by atoms with Crippen LogP contribution in [0.1, 0.15) is 26.7 Å². The molecule has 0 radical (unpaired) electrons. The summed E-state index contributed by atoms with van der Waals surface area (Å²) in [5, 5.41) is 9.16. The Labute approximate surface area is 114 Å². The predicted molar refractivity (Wildman–Crippen MR) is 63.2 cm³/mol. The molecule has 0 bridgehead atoms. The molecule has 2 aliphatic rings. The number of hydrogen-bond acceptors (Lipinski definition) is 4. The minimum atomic E-state index is -3.37. The molecule has 0 aromatic carbocycles. The number of allylic oxidation sites excluding steroid dienone is 1. The number of alkyl halides is 2. The number of nitriles is 1. The standard InChI is InChI=1S/C13H14F2N2O3/c1-3-12(7-16)8(2)13(14,15)11(20-12)17-5-4-9(18)6-10(17)19/h4-5,8,11H,3,6H2,1-2H3/t8-,11-,12+/m1/s1. The lowest BCUT2D eigenvalue weighted by molar-refractivity contribution is -0.170. The Kier molecular flexibility index (Phi) is 3.38. The number of carbonyl (C=O) groups excluding carboxylic acids is 2. The van der Waals surface area contributed by atoms with Gasteiger partial charge >= 0.3 is 0 Å². The third-order valence-corrected chi connectivity index (χ3v) is 3.93. The van der Waals surface area contributed by atoms with E-state index in [1.807, 2.05) is 0 Å². The van der Waals surface area contributed by atoms with Crippen molar-refractivity contribution in [2.75, 3.05) is 0 Å². The molecule has 1 saturated heterocycles. The van der Waals surface area contributed by atoms with Crippen molar-refractivity contribution in [3.63, 3.8) is 0 Å². The van der Waals surface area contributed by atoms with Crippen LogP contribution in [0.15, 0.2) is 12.3 Å². The molecule has 1 fully saturated rings. The van der Waals surface area contributed by atoms with Gasteiger partial charge in [0.25, 0.3) is 5.92 Å². The van der Waals surface area contributed by atoms with Gasteiger partial charge < -0.3 is 4.74 Å². The Morgan fingerprint density at radius 2 is 2.20 bits per heavy atom. The number of amides is 1. The first-order chi connectivity index (χ1) is 9.28. The molecule has 2 heterocycles. The molecule has 0 aromatic heterocycles. The SMILES string of the molecule is CC[C@@]1(C#N)O[C@@H](N2C=CC(=O)CC2=O)C(F)(F)[C@@H]1C. The average Bonchev–Trinajstić information content (AvgIpc) is 2.60. The third-order valence-electron chi connectivity index (χ3n) is 3.93. The van der Waals surface area contributed by atoms with E-state index in [9.17, 15) is 18.4 Å². The first kappa shape index (κ1) is 14.6. The zero-order valence-corrected chi connectivity index (χ0v) is 11.1. The monoisotopic (exact) mass is 284 g/mol. The molecule has 20 heavy (non-hydrogen) atoms. The number of ketones is 1. The second kappa shape index (κ2) is 4.63. The van der Waals surface area contributed by atoms with Crippen LogP contribution in [-0.2, 0) is 14.3 Å². The smallest absolute Gasteiger partial charge is 0.298 e. The summed E-state index contributed by atoms with van der Waals surface area (Å²) in [7, 11) is 0. The Morgan fingerprint density at radius 1 is 1.55 bits per heavy atom. The maximum Gasteiger partial charge on any atom is 0.298 e. The highest BCUT2D eigenvalue weighted by molar-refractivity contribution is 6.06. The minimum Gasteiger partial charge on any atom is -0.330 e. The zero-order valence-electron chi connectivity index (χ0n) is 11.1. The van der Waals surface area contributed by atoms with E-state index in [0.29, 0.717) is 4.90 Å². The molecule has 0 aromatic rings. The maximum absolute atomic E-state index is 14.3. The Balaban J connectivity index is 2.39. The van der Waals surface area contributed by atoms with E-state index in [2.05, 4.69) is 0 Å². The summed E-state index contributed by atoms with van der Waals surface area (Å²) < 4.78 is 33.9. The molecule has 2 aliphatic heterocycles. The minimum absolute atomic E-state index is 0.0848. The lowest BCUT2D eigenvalue weighted by atomic mass is 9.85. The van der Waals surface area contributed by atoms with Crippen LogP contribution in [0, 0.1) is 17.2 Å². The van der Waals surface area contributed by atoms with Gasteiger partial charge in [0, 0.05) is 6.20 Å². The molecule has 2 rings (SSSR count). The van der Waals surface area contributed by atoms with Crippen molar-refractivity contribution in [2.45, 2.75) is 44.4 Å². The topological polar surface area (TPSA) is 70.4 Å². The molecule has 0 aliphatic carbocycles. The number of halogens is 2. The van der Waals surface area contributed by atoms with E-state index in [-0.39, 0.29) is 6.42 Å². The molecule has 0 unspecified atom stereocenters. The van der Waals surface area contributed by atoms with E-state index in [0.717, 1.165) is 12.3 Å². The third kappa shape index (κ3) is 1.91. The molecule has 3 atom stereocenters. The van der Waals surface area contributed by atoms with Gasteiger partial charge in [0.2, 0.25) is 12.1 Å². The van der Waals surface area contributed by atoms with Crippen LogP contribution in [-0.4, -0.2) is 34.3 Å². The van der Waals surface area contributed by atoms with Crippen LogP contribution < -0.4 is 0 Å². The summed E-state index contributed by atoms with van der Waals surface area (Å²) in [5.41, 5.74) is -1.64. The lowest BCUT2D eigenvalue weighted by Gasteiger charge is -2.30. The lowest BCUT2D eigenvalue weighted by Crippen LogP contribution is -2.48. The normalized spacial score (nSPS) is 36.2. The number of carbonyl (C=O) groups is 2. The van der Waals surface area contributed by atoms with Crippen LogP contribution in [0.25, 0.3) is 0 Å². The van der Waals surface area contributed by atoms with Crippen LogP contribution in [0.2, 0.25) is 0 Å². The molecule has 0 saturated carbocycles. The van der Waals surface area contributed by atoms with E-state index in [4.69, 9.17) is 10.00 Å². The van der Waals surface area contributed by atoms with Gasteiger partial charge in [0.1, 0.15) is 0 Å². The molecule has 1 amide bonds. The second-order valence-corrected chi connectivity index (χ2v) is 4.98. The summed E-state index contributed by atoms with van der Waals surface area (Å²) in [6, 6.07) is 1.79. The molecule has 7 heteroatoms. The molecule has 0 N–H and O–H groups in total. The number of hydrogen-bond donors (Lipinski definition) is 0. The van der Waals surface area contributed by atoms with Crippen LogP contribution in [0.3, 0.4) is 0 Å². The number of ether oxygens (including phenoxy) is 1. The second-order valence-electron chi connectivity index (χ2n) is 4.98. The van der Waals surface area contributed by atoms with E-state index in [1.54, 1.807) is 13.0 Å². The fourth-order valence-corrected chi connectivity index (χ4v) is 2.49. The van der Waals surface area contributed by atoms with Gasteiger partial charge in [-0.1, -0.05) is 13.8 Å². The average molecular weight is 284 g/mol. The van der Waals surface area contributed by atoms with Gasteiger partial charge in [-0.05, 0) is 12.5 Å². The quantitative estimate of drug-likeness (QED) is 0.722. The van der Waals surface area contributed by atoms with Crippen molar-refractivity contribution in [1.29, 1.82) is 5.26 Å². The van der Waals surface area contributed by atoms with Crippen molar-refractivity contribution in [2.24, 2.45) is 5.92 Å². The maximum atomic E-state index is 14.3. The van der Waals surface area contributed by atoms with Gasteiger partial charge in [-0.2, -0.15) is 5.26 Å². The van der Waals surface area contributed by atoms with Crippen molar-refractivity contribution < 1.29 is 23.1 Å². The van der Waals surface area contributed by atoms with Gasteiger partial charge in [0.15, 0.2) is 11.4 Å². The first-order valence-electron chi connectivity index (χ1n) is 6.27. The highest BCUT2D eigenvalue weighted by Gasteiger charge is 2.66. The van der Waals surface area contributed by atoms with Gasteiger partial charge in [0.05, 0.1) is 18.4 Å². The highest BCUT2D eigenvalue weighted by atomic mass is 19.3. The van der Waals surface area contributed by atoms with E-state index in [1.165, 1.54) is 6.92 Å². The molecule has 108 valence electrons. The largest absolute Gasteiger partial charge is 0.330 e. The molecular formula is C13H14F2N2O3. The Morgan fingerprint density at radius 3 is 2.65 bits per heavy atom. The zero-order chi connectivity index (χ0) is 15.1. The summed E-state index contributed by atoms with van der Waals surface area (Å²) in [4.78, 5) is 23.5. The summed E-state index contributed by atoms with van der Waals surface area (Å²) >= 11 is 0. The van der Waals surface area contributed by atoms with Gasteiger partial charge in [-0.3, -0.25) is 14.5 Å². The van der Waals surface area contributed by atoms with Gasteiger partial charge in [-0.15, -0.1) is 0 Å². The Bertz CT molecular complexity index is 526. The van der Waals surface area contributed by atoms with Crippen molar-refractivity contribution in [3.8, 4) is 6.07 Å². The van der Waals surface area contributed by atoms with Crippen molar-refractivity contribution in [3.05, 3.63) is 12.3 Å². The van der Waals surface area contributed by atoms with Crippen LogP contribution >= 0.6 is 0 Å². The molecule has 5 nitrogen and oxygen atoms in total. The predicted octanol–water partition coefficient (Wildman–Crippen LogP) is 1.60. The van der Waals surface area contributed by atoms with Crippen molar-refractivity contribution >= 4 is 11.7 Å². The molecule has 0 spiro atoms. The fourth-order valence-electron chi connectivity index (χ4n) is 2.49. The summed E-state index contributed by atoms with van der Waals surface area (Å²) in [6.45, 7) is 2.81. The highest BCUT2D eigenvalue weighted by Crippen LogP contribution is 2.49. The number of nitrogens with zero attached hydrogens (tertiary/aromatic N) is 2. The van der Waals surface area contributed by atoms with E-state index < -0.39 is 41.8 Å². The number of rotatable bonds is 2. The Hall–Kier alpha value is -1.81. The summed E-state index contributed by atoms with van der Waals surface area (Å²) in [5.74, 6) is -5.91. The first-order valence-corrected chi connectivity index (χ1v) is 6.27. The van der Waals surface area contributed by atoms with E-state index >= 15 is 0 Å². The van der Waals surface area contributed by atoms with Crippen LogP contribution in [0.4, 0.5) is 8.78 Å². The van der Waals surface area contributed by atoms with Gasteiger partial charge in [-0.25, -0.2) is 8.78 Å². The van der Waals surface area contributed by atoms with Crippen LogP contribution in [0.5, 0.6) is 0 Å². The summed E-state index contributed by atoms with van der Waals surface area (Å²) in [6.07, 6.45) is -0.172. The van der Waals surface area contributed by atoms with Crippen molar-refractivity contribution in [1.82, 2.24) is 4.90 Å². The molecular weight excluding hydrogens is 270 g/mol. The fraction of sp³-hybridized carbons (Fsp3) is 0.615.